The van der Waals surface area contributed by atoms with E-state index in [9.17, 15) is 0 Å². The summed E-state index contributed by atoms with van der Waals surface area (Å²) in [5.41, 5.74) is 11.9. The fourth-order valence-electron chi connectivity index (χ4n) is 8.75. The molecule has 4 heterocycles. The van der Waals surface area contributed by atoms with Crippen LogP contribution < -0.4 is 0 Å². The molecule has 12 rings (SSSR count). The highest BCUT2D eigenvalue weighted by molar-refractivity contribution is 6.20. The summed E-state index contributed by atoms with van der Waals surface area (Å²) in [7, 11) is 0. The van der Waals surface area contributed by atoms with Crippen molar-refractivity contribution < 1.29 is 0 Å². The van der Waals surface area contributed by atoms with Gasteiger partial charge >= 0.3 is 0 Å². The minimum absolute atomic E-state index is 0.628. The quantitative estimate of drug-likeness (QED) is 0.170. The molecule has 0 saturated heterocycles. The lowest BCUT2D eigenvalue weighted by Crippen LogP contribution is -2.00. The number of para-hydroxylation sites is 3. The third kappa shape index (κ3) is 5.38. The van der Waals surface area contributed by atoms with E-state index >= 15 is 0 Å². The molecule has 0 amide bonds. The van der Waals surface area contributed by atoms with E-state index in [2.05, 4.69) is 159 Å². The Morgan fingerprint density at radius 1 is 0.288 bits per heavy atom. The first-order valence-electron chi connectivity index (χ1n) is 19.9. The molecule has 0 radical (unpaired) electrons. The molecule has 0 saturated carbocycles. The van der Waals surface area contributed by atoms with Crippen molar-refractivity contribution in [2.24, 2.45) is 0 Å². The van der Waals surface area contributed by atoms with Gasteiger partial charge in [0.2, 0.25) is 0 Å². The van der Waals surface area contributed by atoms with Gasteiger partial charge in [0.05, 0.1) is 27.6 Å². The highest BCUT2D eigenvalue weighted by Crippen LogP contribution is 2.41. The zero-order valence-electron chi connectivity index (χ0n) is 31.8. The van der Waals surface area contributed by atoms with Crippen molar-refractivity contribution in [1.29, 1.82) is 0 Å². The molecule has 6 heteroatoms. The zero-order valence-corrected chi connectivity index (χ0v) is 31.8. The number of hydrogen-bond donors (Lipinski definition) is 0. The molecule has 0 spiro atoms. The van der Waals surface area contributed by atoms with Crippen LogP contribution in [-0.2, 0) is 0 Å². The Morgan fingerprint density at radius 3 is 1.34 bits per heavy atom. The van der Waals surface area contributed by atoms with Crippen molar-refractivity contribution >= 4 is 54.5 Å². The van der Waals surface area contributed by atoms with Gasteiger partial charge in [0.15, 0.2) is 17.5 Å². The van der Waals surface area contributed by atoms with Crippen LogP contribution in [0.2, 0.25) is 0 Å². The summed E-state index contributed by atoms with van der Waals surface area (Å²) >= 11 is 0. The standard InChI is InChI=1S/C53H34N6/c1-5-15-35(16-6-1)51-54-52(36-17-7-2-8-18-36)56-53(55-51)37-25-27-41(28-26-37)59-48-33-47-38(29-30-57(47)39-19-9-3-10-20-39)31-43(48)45-32-44-42-23-13-14-24-46(42)58(49(44)34-50(45)59)40-21-11-4-12-22-40/h1-34H. The first-order valence-corrected chi connectivity index (χ1v) is 19.9. The minimum Gasteiger partial charge on any atom is -0.316 e. The summed E-state index contributed by atoms with van der Waals surface area (Å²) in [5, 5.41) is 6.07. The van der Waals surface area contributed by atoms with Crippen molar-refractivity contribution in [2.75, 3.05) is 0 Å². The maximum absolute atomic E-state index is 5.02. The third-order valence-corrected chi connectivity index (χ3v) is 11.5. The second-order valence-corrected chi connectivity index (χ2v) is 14.9. The van der Waals surface area contributed by atoms with E-state index in [4.69, 9.17) is 15.0 Å². The lowest BCUT2D eigenvalue weighted by atomic mass is 10.1. The predicted molar refractivity (Wildman–Crippen MR) is 242 cm³/mol. The van der Waals surface area contributed by atoms with Gasteiger partial charge in [-0.25, -0.2) is 15.0 Å². The monoisotopic (exact) mass is 754 g/mol. The van der Waals surface area contributed by atoms with Crippen molar-refractivity contribution in [1.82, 2.24) is 28.7 Å². The summed E-state index contributed by atoms with van der Waals surface area (Å²) in [4.78, 5) is 14.9. The molecular weight excluding hydrogens is 721 g/mol. The molecule has 276 valence electrons. The lowest BCUT2D eigenvalue weighted by Gasteiger charge is -2.12. The van der Waals surface area contributed by atoms with Gasteiger partial charge in [0, 0.05) is 66.9 Å². The van der Waals surface area contributed by atoms with Crippen LogP contribution in [0.3, 0.4) is 0 Å². The molecular formula is C53H34N6. The summed E-state index contributed by atoms with van der Waals surface area (Å²) in [6, 6.07) is 70.6. The third-order valence-electron chi connectivity index (χ3n) is 11.5. The van der Waals surface area contributed by atoms with E-state index in [0.29, 0.717) is 17.5 Å². The highest BCUT2D eigenvalue weighted by atomic mass is 15.0. The van der Waals surface area contributed by atoms with Crippen LogP contribution in [0.15, 0.2) is 206 Å². The van der Waals surface area contributed by atoms with Crippen molar-refractivity contribution in [2.45, 2.75) is 0 Å². The van der Waals surface area contributed by atoms with Gasteiger partial charge in [-0.1, -0.05) is 115 Å². The van der Waals surface area contributed by atoms with Gasteiger partial charge in [-0.3, -0.25) is 0 Å². The topological polar surface area (TPSA) is 53.5 Å². The highest BCUT2D eigenvalue weighted by Gasteiger charge is 2.20. The molecule has 4 aromatic heterocycles. The fourth-order valence-corrected chi connectivity index (χ4v) is 8.75. The number of fused-ring (bicyclic) bond motifs is 7. The number of aromatic nitrogens is 6. The van der Waals surface area contributed by atoms with Crippen LogP contribution in [0.25, 0.3) is 106 Å². The Labute approximate surface area is 339 Å². The van der Waals surface area contributed by atoms with Crippen molar-refractivity contribution in [3.8, 4) is 51.2 Å². The Bertz CT molecular complexity index is 3450. The van der Waals surface area contributed by atoms with Crippen molar-refractivity contribution in [3.05, 3.63) is 206 Å². The minimum atomic E-state index is 0.628. The summed E-state index contributed by atoms with van der Waals surface area (Å²) < 4.78 is 7.09. The predicted octanol–water partition coefficient (Wildman–Crippen LogP) is 13.0. The second-order valence-electron chi connectivity index (χ2n) is 14.9. The molecule has 0 N–H and O–H groups in total. The van der Waals surface area contributed by atoms with Gasteiger partial charge in [0.25, 0.3) is 0 Å². The van der Waals surface area contributed by atoms with Crippen LogP contribution >= 0.6 is 0 Å². The van der Waals surface area contributed by atoms with Gasteiger partial charge in [-0.15, -0.1) is 0 Å². The lowest BCUT2D eigenvalue weighted by molar-refractivity contribution is 1.07. The number of nitrogens with zero attached hydrogens (tertiary/aromatic N) is 6. The van der Waals surface area contributed by atoms with E-state index in [1.165, 1.54) is 32.4 Å². The number of hydrogen-bond acceptors (Lipinski definition) is 3. The molecule has 0 bridgehead atoms. The molecule has 12 aromatic rings. The average Bonchev–Trinajstić information content (AvgIpc) is 3.98. The maximum atomic E-state index is 5.02. The molecule has 6 nitrogen and oxygen atoms in total. The molecule has 0 aliphatic rings. The summed E-state index contributed by atoms with van der Waals surface area (Å²) in [5.74, 6) is 1.91. The molecule has 0 aliphatic carbocycles. The van der Waals surface area contributed by atoms with Gasteiger partial charge in [-0.05, 0) is 84.9 Å². The number of benzene rings is 8. The van der Waals surface area contributed by atoms with E-state index in [0.717, 1.165) is 55.8 Å². The Kier molecular flexibility index (Phi) is 7.43. The van der Waals surface area contributed by atoms with Crippen molar-refractivity contribution in [3.63, 3.8) is 0 Å². The fraction of sp³-hybridized carbons (Fsp3) is 0. The van der Waals surface area contributed by atoms with E-state index in [-0.39, 0.29) is 0 Å². The molecule has 59 heavy (non-hydrogen) atoms. The van der Waals surface area contributed by atoms with Gasteiger partial charge in [-0.2, -0.15) is 0 Å². The molecule has 8 aromatic carbocycles. The van der Waals surface area contributed by atoms with E-state index in [1.54, 1.807) is 0 Å². The first-order chi connectivity index (χ1) is 29.2. The Morgan fingerprint density at radius 2 is 0.729 bits per heavy atom. The molecule has 0 atom stereocenters. The van der Waals surface area contributed by atoms with Gasteiger partial charge in [0.1, 0.15) is 0 Å². The number of rotatable bonds is 6. The Balaban J connectivity index is 1.10. The normalized spacial score (nSPS) is 11.7. The molecule has 0 aliphatic heterocycles. The Hall–Kier alpha value is -8.09. The SMILES string of the molecule is c1ccc(-c2nc(-c3ccccc3)nc(-c3ccc(-n4c5cc6c(ccn6-c6ccccc6)cc5c5cc6c7ccccc7n(-c7ccccc7)c6cc54)cc3)n2)cc1. The molecule has 0 fully saturated rings. The summed E-state index contributed by atoms with van der Waals surface area (Å²) in [6.07, 6.45) is 2.17. The van der Waals surface area contributed by atoms with Crippen LogP contribution in [0, 0.1) is 0 Å². The van der Waals surface area contributed by atoms with Crippen LogP contribution in [0.4, 0.5) is 0 Å². The smallest absolute Gasteiger partial charge is 0.164 e. The summed E-state index contributed by atoms with van der Waals surface area (Å²) in [6.45, 7) is 0. The van der Waals surface area contributed by atoms with Gasteiger partial charge < -0.3 is 13.7 Å². The van der Waals surface area contributed by atoms with E-state index < -0.39 is 0 Å². The maximum Gasteiger partial charge on any atom is 0.164 e. The zero-order chi connectivity index (χ0) is 38.9. The first kappa shape index (κ1) is 33.1. The van der Waals surface area contributed by atoms with E-state index in [1.807, 2.05) is 60.7 Å². The average molecular weight is 755 g/mol. The second kappa shape index (κ2) is 13.3. The molecule has 0 unspecified atom stereocenters. The van der Waals surface area contributed by atoms with Crippen LogP contribution in [0.5, 0.6) is 0 Å². The van der Waals surface area contributed by atoms with Crippen LogP contribution in [-0.4, -0.2) is 28.7 Å². The largest absolute Gasteiger partial charge is 0.316 e. The van der Waals surface area contributed by atoms with Crippen LogP contribution in [0.1, 0.15) is 0 Å².